The highest BCUT2D eigenvalue weighted by Crippen LogP contribution is 2.37. The zero-order valence-electron chi connectivity index (χ0n) is 29.9. The van der Waals surface area contributed by atoms with Crippen molar-refractivity contribution in [3.8, 4) is 0 Å². The summed E-state index contributed by atoms with van der Waals surface area (Å²) in [6.07, 6.45) is 9.05. The highest BCUT2D eigenvalue weighted by molar-refractivity contribution is 9.10. The summed E-state index contributed by atoms with van der Waals surface area (Å²) in [5.41, 5.74) is 10.3. The summed E-state index contributed by atoms with van der Waals surface area (Å²) in [4.78, 5) is 34.0. The Labute approximate surface area is 338 Å². The number of nitrogens with zero attached hydrogens (tertiary/aromatic N) is 3. The first-order valence-corrected chi connectivity index (χ1v) is 19.2. The Bertz CT molecular complexity index is 2470. The Hall–Kier alpha value is -6.15. The Balaban J connectivity index is 1.16. The summed E-state index contributed by atoms with van der Waals surface area (Å²) in [6.45, 7) is 1.79. The Morgan fingerprint density at radius 3 is 1.18 bits per heavy atom. The summed E-state index contributed by atoms with van der Waals surface area (Å²) in [6, 6.07) is 53.2. The van der Waals surface area contributed by atoms with Gasteiger partial charge in [0.1, 0.15) is 0 Å². The predicted octanol–water partition coefficient (Wildman–Crippen LogP) is 13.8. The molecule has 0 saturated heterocycles. The number of aryl methyl sites for hydroxylation is 1. The first kappa shape index (κ1) is 37.2. The standard InChI is InChI=1S/C48H35Br2N3O2/c1-34-46(32-54)45(30-16-35-12-22-41(23-13-35)52(39-8-4-2-5-9-39)43-26-18-37(49)19-27-43)47(33-55)48(51-34)31-17-36-14-24-42(25-15-36)53(40-10-6-3-7-11-40)44-28-20-38(50)21-29-44/h2-33H,1H3/b30-16+,31-17+. The highest BCUT2D eigenvalue weighted by atomic mass is 79.9. The van der Waals surface area contributed by atoms with E-state index in [1.807, 2.05) is 109 Å². The first-order valence-electron chi connectivity index (χ1n) is 17.6. The van der Waals surface area contributed by atoms with Crippen LogP contribution in [-0.2, 0) is 0 Å². The van der Waals surface area contributed by atoms with Crippen molar-refractivity contribution in [3.63, 3.8) is 0 Å². The van der Waals surface area contributed by atoms with E-state index in [1.54, 1.807) is 6.92 Å². The quantitative estimate of drug-likeness (QED) is 0.115. The van der Waals surface area contributed by atoms with Gasteiger partial charge in [0.25, 0.3) is 0 Å². The largest absolute Gasteiger partial charge is 0.311 e. The zero-order valence-corrected chi connectivity index (χ0v) is 33.1. The molecule has 7 heteroatoms. The number of aromatic nitrogens is 1. The minimum absolute atomic E-state index is 0.351. The molecule has 1 aromatic heterocycles. The number of carbonyl (C=O) groups is 2. The molecule has 0 unspecified atom stereocenters. The molecule has 0 N–H and O–H groups in total. The molecule has 55 heavy (non-hydrogen) atoms. The number of anilines is 6. The fraction of sp³-hybridized carbons (Fsp3) is 0.0208. The van der Waals surface area contributed by atoms with Gasteiger partial charge in [-0.15, -0.1) is 0 Å². The van der Waals surface area contributed by atoms with Gasteiger partial charge >= 0.3 is 0 Å². The monoisotopic (exact) mass is 843 g/mol. The van der Waals surface area contributed by atoms with Crippen molar-refractivity contribution in [3.05, 3.63) is 206 Å². The van der Waals surface area contributed by atoms with Crippen molar-refractivity contribution in [1.29, 1.82) is 0 Å². The molecule has 1 heterocycles. The van der Waals surface area contributed by atoms with E-state index in [9.17, 15) is 9.59 Å². The third-order valence-corrected chi connectivity index (χ3v) is 10.2. The summed E-state index contributed by atoms with van der Waals surface area (Å²) in [5.74, 6) is 0. The second kappa shape index (κ2) is 17.3. The van der Waals surface area contributed by atoms with E-state index in [1.165, 1.54) is 0 Å². The van der Waals surface area contributed by atoms with Crippen molar-refractivity contribution in [2.45, 2.75) is 6.92 Å². The van der Waals surface area contributed by atoms with Gasteiger partial charge in [0.15, 0.2) is 12.6 Å². The highest BCUT2D eigenvalue weighted by Gasteiger charge is 2.16. The number of pyridine rings is 1. The van der Waals surface area contributed by atoms with Crippen molar-refractivity contribution in [2.24, 2.45) is 0 Å². The van der Waals surface area contributed by atoms with E-state index in [4.69, 9.17) is 0 Å². The molecule has 0 aliphatic heterocycles. The number of aldehydes is 2. The lowest BCUT2D eigenvalue weighted by molar-refractivity contribution is 0.112. The lowest BCUT2D eigenvalue weighted by Gasteiger charge is -2.25. The van der Waals surface area contributed by atoms with Gasteiger partial charge < -0.3 is 9.80 Å². The topological polar surface area (TPSA) is 53.5 Å². The number of hydrogen-bond acceptors (Lipinski definition) is 5. The van der Waals surface area contributed by atoms with Crippen LogP contribution < -0.4 is 9.80 Å². The van der Waals surface area contributed by atoms with E-state index >= 15 is 0 Å². The van der Waals surface area contributed by atoms with Crippen molar-refractivity contribution in [1.82, 2.24) is 4.98 Å². The van der Waals surface area contributed by atoms with E-state index in [2.05, 4.69) is 119 Å². The van der Waals surface area contributed by atoms with Gasteiger partial charge in [0, 0.05) is 59.9 Å². The molecule has 5 nitrogen and oxygen atoms in total. The summed E-state index contributed by atoms with van der Waals surface area (Å²) < 4.78 is 2.03. The maximum Gasteiger partial charge on any atom is 0.152 e. The zero-order chi connectivity index (χ0) is 38.1. The van der Waals surface area contributed by atoms with Gasteiger partial charge in [0.2, 0.25) is 0 Å². The van der Waals surface area contributed by atoms with Gasteiger partial charge in [-0.05, 0) is 127 Å². The van der Waals surface area contributed by atoms with Crippen molar-refractivity contribution < 1.29 is 9.59 Å². The fourth-order valence-corrected chi connectivity index (χ4v) is 6.94. The molecule has 7 rings (SSSR count). The Kier molecular flexibility index (Phi) is 11.7. The van der Waals surface area contributed by atoms with Crippen LogP contribution >= 0.6 is 31.9 Å². The van der Waals surface area contributed by atoms with Crippen LogP contribution in [0.2, 0.25) is 0 Å². The maximum atomic E-state index is 12.6. The molecule has 7 aromatic rings. The van der Waals surface area contributed by atoms with Crippen LogP contribution in [0.3, 0.4) is 0 Å². The Morgan fingerprint density at radius 1 is 0.418 bits per heavy atom. The molecule has 268 valence electrons. The SMILES string of the molecule is Cc1nc(/C=C/c2ccc(N(c3ccccc3)c3ccc(Br)cc3)cc2)c(C=O)c(/C=C/c2ccc(N(c3ccccc3)c3ccc(Br)cc3)cc2)c1C=O. The van der Waals surface area contributed by atoms with Gasteiger partial charge in [0.05, 0.1) is 5.69 Å². The first-order chi connectivity index (χ1) is 26.9. The summed E-state index contributed by atoms with van der Waals surface area (Å²) in [5, 5.41) is 0. The number of para-hydroxylation sites is 2. The number of carbonyl (C=O) groups excluding carboxylic acids is 2. The minimum atomic E-state index is 0.351. The third-order valence-electron chi connectivity index (χ3n) is 9.15. The van der Waals surface area contributed by atoms with E-state index in [0.717, 1.165) is 66.8 Å². The lowest BCUT2D eigenvalue weighted by atomic mass is 9.98. The Morgan fingerprint density at radius 2 is 0.782 bits per heavy atom. The summed E-state index contributed by atoms with van der Waals surface area (Å²) in [7, 11) is 0. The van der Waals surface area contributed by atoms with Crippen LogP contribution in [0.5, 0.6) is 0 Å². The van der Waals surface area contributed by atoms with Crippen LogP contribution in [0.15, 0.2) is 167 Å². The van der Waals surface area contributed by atoms with Crippen molar-refractivity contribution >= 4 is 103 Å². The predicted molar refractivity (Wildman–Crippen MR) is 235 cm³/mol. The van der Waals surface area contributed by atoms with Crippen LogP contribution in [-0.4, -0.2) is 17.6 Å². The van der Waals surface area contributed by atoms with Gasteiger partial charge in [-0.25, -0.2) is 0 Å². The van der Waals surface area contributed by atoms with Gasteiger partial charge in [-0.2, -0.15) is 0 Å². The molecule has 0 fully saturated rings. The molecular weight excluding hydrogens is 810 g/mol. The number of benzene rings is 6. The number of hydrogen-bond donors (Lipinski definition) is 0. The van der Waals surface area contributed by atoms with E-state index < -0.39 is 0 Å². The van der Waals surface area contributed by atoms with Crippen LogP contribution in [0.4, 0.5) is 34.1 Å². The molecule has 0 amide bonds. The van der Waals surface area contributed by atoms with E-state index in [-0.39, 0.29) is 0 Å². The lowest BCUT2D eigenvalue weighted by Crippen LogP contribution is -2.09. The molecule has 0 saturated carbocycles. The van der Waals surface area contributed by atoms with E-state index in [0.29, 0.717) is 28.1 Å². The maximum absolute atomic E-state index is 12.6. The molecule has 6 aromatic carbocycles. The molecule has 0 bridgehead atoms. The second-order valence-corrected chi connectivity index (χ2v) is 14.5. The fourth-order valence-electron chi connectivity index (χ4n) is 6.41. The van der Waals surface area contributed by atoms with Gasteiger partial charge in [-0.1, -0.05) is 111 Å². The number of halogens is 2. The minimum Gasteiger partial charge on any atom is -0.311 e. The average molecular weight is 846 g/mol. The summed E-state index contributed by atoms with van der Waals surface area (Å²) >= 11 is 7.09. The molecular formula is C48H35Br2N3O2. The normalized spacial score (nSPS) is 11.2. The van der Waals surface area contributed by atoms with Gasteiger partial charge in [-0.3, -0.25) is 14.6 Å². The van der Waals surface area contributed by atoms with Crippen LogP contribution in [0.25, 0.3) is 24.3 Å². The van der Waals surface area contributed by atoms with Crippen LogP contribution in [0, 0.1) is 6.92 Å². The molecule has 0 radical (unpaired) electrons. The molecule has 0 aliphatic carbocycles. The number of rotatable bonds is 12. The molecule has 0 aliphatic rings. The molecule has 0 spiro atoms. The van der Waals surface area contributed by atoms with Crippen LogP contribution in [0.1, 0.15) is 48.8 Å². The average Bonchev–Trinajstić information content (AvgIpc) is 3.22. The molecule has 0 atom stereocenters. The second-order valence-electron chi connectivity index (χ2n) is 12.7. The van der Waals surface area contributed by atoms with Crippen molar-refractivity contribution in [2.75, 3.05) is 9.80 Å². The third kappa shape index (κ3) is 8.65. The smallest absolute Gasteiger partial charge is 0.152 e.